The molecule has 35 heavy (non-hydrogen) atoms. The maximum atomic E-state index is 14.4. The number of carbonyl (C=O) groups is 1. The van der Waals surface area contributed by atoms with Gasteiger partial charge in [0.05, 0.1) is 11.1 Å². The minimum absolute atomic E-state index is 0. The van der Waals surface area contributed by atoms with Gasteiger partial charge in [0.1, 0.15) is 18.1 Å². The molecule has 182 valence electrons. The fraction of sp³-hybridized carbons (Fsp3) is 0.174. The van der Waals surface area contributed by atoms with E-state index >= 15 is 0 Å². The van der Waals surface area contributed by atoms with Gasteiger partial charge in [0.25, 0.3) is 10.0 Å². The van der Waals surface area contributed by atoms with E-state index in [-0.39, 0.29) is 76.3 Å². The Morgan fingerprint density at radius 3 is 2.54 bits per heavy atom. The number of rotatable bonds is 8. The molecule has 1 amide bonds. The van der Waals surface area contributed by atoms with Gasteiger partial charge in [0, 0.05) is 17.7 Å². The van der Waals surface area contributed by atoms with Crippen molar-refractivity contribution < 1.29 is 25.2 Å². The number of anilines is 2. The van der Waals surface area contributed by atoms with Crippen LogP contribution in [0.5, 0.6) is 5.75 Å². The summed E-state index contributed by atoms with van der Waals surface area (Å²) in [6.45, 7) is 3.28. The molecule has 0 aliphatic rings. The average molecular weight is 528 g/mol. The number of aryl methyl sites for hydroxylation is 1. The number of halogens is 1. The maximum absolute atomic E-state index is 14.4. The van der Waals surface area contributed by atoms with E-state index in [1.165, 1.54) is 6.07 Å². The van der Waals surface area contributed by atoms with Crippen LogP contribution in [-0.4, -0.2) is 68.6 Å². The molecule has 1 aromatic heterocycles. The SMILES string of the molecule is C#CCOc1ccc(-c2nc(Nc3ccc(C)c(S(=O)(=O)NC(=O)CC)c3)ncc2F)cc1.N.[Ca+2].[H-].[H-]. The molecule has 0 atom stereocenters. The zero-order valence-corrected chi connectivity index (χ0v) is 22.4. The summed E-state index contributed by atoms with van der Waals surface area (Å²) < 4.78 is 46.8. The molecule has 0 bridgehead atoms. The van der Waals surface area contributed by atoms with Gasteiger partial charge in [-0.15, -0.1) is 6.42 Å². The molecule has 0 saturated heterocycles. The van der Waals surface area contributed by atoms with Crippen LogP contribution in [0.2, 0.25) is 0 Å². The van der Waals surface area contributed by atoms with Crippen molar-refractivity contribution in [3.8, 4) is 29.4 Å². The van der Waals surface area contributed by atoms with Gasteiger partial charge in [0.2, 0.25) is 11.9 Å². The Morgan fingerprint density at radius 2 is 1.91 bits per heavy atom. The standard InChI is InChI=1S/C23H21FN4O4S.Ca.H3N.2H/c1-4-12-32-18-10-7-16(8-11-18)22-19(24)14-25-23(27-22)26-17-9-6-15(3)20(13-17)33(30,31)28-21(29)5-2;;;;/h1,6-11,13-14H,5,12H2,2-3H3,(H,28,29)(H,25,26,27);;1H3;;/q;+2;;2*-1. The van der Waals surface area contributed by atoms with Crippen molar-refractivity contribution in [3.63, 3.8) is 0 Å². The third kappa shape index (κ3) is 7.88. The van der Waals surface area contributed by atoms with Crippen LogP contribution in [0.4, 0.5) is 16.0 Å². The summed E-state index contributed by atoms with van der Waals surface area (Å²) in [5.41, 5.74) is 1.33. The first-order valence-electron chi connectivity index (χ1n) is 9.86. The molecule has 0 radical (unpaired) electrons. The van der Waals surface area contributed by atoms with Crippen LogP contribution < -0.4 is 20.9 Å². The van der Waals surface area contributed by atoms with E-state index in [0.29, 0.717) is 22.6 Å². The maximum Gasteiger partial charge on any atom is 2.00 e. The van der Waals surface area contributed by atoms with Gasteiger partial charge in [-0.3, -0.25) is 4.79 Å². The number of amides is 1. The fourth-order valence-electron chi connectivity index (χ4n) is 2.84. The predicted molar refractivity (Wildman–Crippen MR) is 135 cm³/mol. The van der Waals surface area contributed by atoms with Gasteiger partial charge in [-0.25, -0.2) is 27.5 Å². The Balaban J connectivity index is 0. The Kier molecular flexibility index (Phi) is 11.6. The predicted octanol–water partition coefficient (Wildman–Crippen LogP) is 3.57. The molecular formula is C23H26CaFN5O4S. The number of aromatic nitrogens is 2. The minimum atomic E-state index is -4.05. The molecule has 12 heteroatoms. The van der Waals surface area contributed by atoms with E-state index in [0.717, 1.165) is 6.20 Å². The van der Waals surface area contributed by atoms with E-state index in [1.807, 2.05) is 4.72 Å². The molecule has 9 nitrogen and oxygen atoms in total. The summed E-state index contributed by atoms with van der Waals surface area (Å²) in [5.74, 6) is 1.71. The zero-order chi connectivity index (χ0) is 24.0. The first kappa shape index (κ1) is 30.3. The van der Waals surface area contributed by atoms with Crippen molar-refractivity contribution in [2.24, 2.45) is 0 Å². The molecule has 5 N–H and O–H groups in total. The second kappa shape index (κ2) is 13.4. The second-order valence-electron chi connectivity index (χ2n) is 6.89. The summed E-state index contributed by atoms with van der Waals surface area (Å²) in [5, 5.41) is 2.87. The number of hydrogen-bond donors (Lipinski definition) is 3. The topological polar surface area (TPSA) is 145 Å². The summed E-state index contributed by atoms with van der Waals surface area (Å²) in [6, 6.07) is 11.1. The van der Waals surface area contributed by atoms with Crippen LogP contribution >= 0.6 is 0 Å². The summed E-state index contributed by atoms with van der Waals surface area (Å²) in [6.07, 6.45) is 6.21. The van der Waals surface area contributed by atoms with Crippen molar-refractivity contribution >= 4 is 65.3 Å². The number of terminal acetylenes is 1. The van der Waals surface area contributed by atoms with Crippen LogP contribution in [0.3, 0.4) is 0 Å². The van der Waals surface area contributed by atoms with Crippen molar-refractivity contribution in [2.45, 2.75) is 25.2 Å². The summed E-state index contributed by atoms with van der Waals surface area (Å²) >= 11 is 0. The molecule has 0 spiro atoms. The van der Waals surface area contributed by atoms with Crippen LogP contribution in [0.1, 0.15) is 21.8 Å². The van der Waals surface area contributed by atoms with Gasteiger partial charge in [-0.05, 0) is 48.9 Å². The van der Waals surface area contributed by atoms with Gasteiger partial charge < -0.3 is 19.1 Å². The van der Waals surface area contributed by atoms with Gasteiger partial charge >= 0.3 is 37.7 Å². The molecular weight excluding hydrogens is 501 g/mol. The number of ether oxygens (including phenoxy) is 1. The molecule has 3 rings (SSSR count). The van der Waals surface area contributed by atoms with Gasteiger partial charge in [-0.2, -0.15) is 0 Å². The van der Waals surface area contributed by atoms with E-state index in [4.69, 9.17) is 11.2 Å². The Hall–Kier alpha value is -2.75. The number of benzene rings is 2. The van der Waals surface area contributed by atoms with E-state index in [9.17, 15) is 17.6 Å². The molecule has 3 aromatic rings. The van der Waals surface area contributed by atoms with Crippen LogP contribution in [0.25, 0.3) is 11.3 Å². The third-order valence-corrected chi connectivity index (χ3v) is 6.01. The quantitative estimate of drug-likeness (QED) is 0.298. The normalized spacial score (nSPS) is 10.2. The first-order chi connectivity index (χ1) is 15.7. The average Bonchev–Trinajstić information content (AvgIpc) is 2.80. The molecule has 0 aliphatic heterocycles. The van der Waals surface area contributed by atoms with E-state index in [1.54, 1.807) is 50.2 Å². The monoisotopic (exact) mass is 527 g/mol. The van der Waals surface area contributed by atoms with Crippen LogP contribution in [-0.2, 0) is 14.8 Å². The van der Waals surface area contributed by atoms with Crippen LogP contribution in [0.15, 0.2) is 53.6 Å². The molecule has 0 unspecified atom stereocenters. The molecule has 0 aliphatic carbocycles. The number of nitrogens with zero attached hydrogens (tertiary/aromatic N) is 2. The second-order valence-corrected chi connectivity index (χ2v) is 8.55. The van der Waals surface area contributed by atoms with Crippen molar-refractivity contribution in [2.75, 3.05) is 11.9 Å². The fourth-order valence-corrected chi connectivity index (χ4v) is 4.17. The molecule has 0 saturated carbocycles. The Bertz CT molecular complexity index is 1340. The molecule has 0 fully saturated rings. The molecule has 1 heterocycles. The molecule has 2 aromatic carbocycles. The number of sulfonamides is 1. The Morgan fingerprint density at radius 1 is 1.23 bits per heavy atom. The van der Waals surface area contributed by atoms with Crippen molar-refractivity contribution in [1.82, 2.24) is 20.8 Å². The number of hydrogen-bond acceptors (Lipinski definition) is 8. The van der Waals surface area contributed by atoms with E-state index in [2.05, 4.69) is 21.2 Å². The smallest absolute Gasteiger partial charge is 1.00 e. The largest absolute Gasteiger partial charge is 2.00 e. The van der Waals surface area contributed by atoms with Gasteiger partial charge in [-0.1, -0.05) is 18.9 Å². The van der Waals surface area contributed by atoms with Crippen molar-refractivity contribution in [1.29, 1.82) is 0 Å². The van der Waals surface area contributed by atoms with E-state index < -0.39 is 21.7 Å². The first-order valence-corrected chi connectivity index (χ1v) is 11.3. The zero-order valence-electron chi connectivity index (χ0n) is 21.3. The third-order valence-electron chi connectivity index (χ3n) is 4.50. The van der Waals surface area contributed by atoms with Gasteiger partial charge in [0.15, 0.2) is 5.82 Å². The summed E-state index contributed by atoms with van der Waals surface area (Å²) in [7, 11) is -4.05. The minimum Gasteiger partial charge on any atom is -1.00 e. The number of carbonyl (C=O) groups excluding carboxylic acids is 1. The Labute approximate surface area is 236 Å². The van der Waals surface area contributed by atoms with Crippen LogP contribution in [0, 0.1) is 25.1 Å². The van der Waals surface area contributed by atoms with Crippen molar-refractivity contribution in [3.05, 3.63) is 60.0 Å². The summed E-state index contributed by atoms with van der Waals surface area (Å²) in [4.78, 5) is 19.7. The number of nitrogens with one attached hydrogen (secondary N) is 2.